The number of fused-ring (bicyclic) bond motifs is 1. The average Bonchev–Trinajstić information content (AvgIpc) is 3.06. The van der Waals surface area contributed by atoms with Crippen LogP contribution in [-0.2, 0) is 22.8 Å². The zero-order valence-electron chi connectivity index (χ0n) is 16.3. The Balaban J connectivity index is 1.55. The zero-order valence-corrected chi connectivity index (χ0v) is 17.9. The first-order chi connectivity index (χ1) is 14.3. The van der Waals surface area contributed by atoms with Gasteiger partial charge in [0.15, 0.2) is 11.0 Å². The number of hydrogen-bond acceptors (Lipinski definition) is 6. The molecule has 2 aromatic carbocycles. The van der Waals surface area contributed by atoms with E-state index in [0.717, 1.165) is 28.3 Å². The lowest BCUT2D eigenvalue weighted by Crippen LogP contribution is -2.09. The number of sulfonamides is 1. The van der Waals surface area contributed by atoms with E-state index < -0.39 is 10.0 Å². The number of thioether (sulfide) groups is 1. The zero-order chi connectivity index (χ0) is 21.3. The molecule has 2 aromatic heterocycles. The van der Waals surface area contributed by atoms with Gasteiger partial charge in [0.1, 0.15) is 0 Å². The maximum atomic E-state index is 11.9. The predicted octanol–water partition coefficient (Wildman–Crippen LogP) is 2.99. The fourth-order valence-electron chi connectivity index (χ4n) is 3.13. The van der Waals surface area contributed by atoms with Gasteiger partial charge in [-0.25, -0.2) is 8.42 Å². The third-order valence-electron chi connectivity index (χ3n) is 4.47. The van der Waals surface area contributed by atoms with E-state index in [1.54, 1.807) is 30.3 Å². The molecule has 0 bridgehead atoms. The second kappa shape index (κ2) is 7.96. The van der Waals surface area contributed by atoms with Crippen LogP contribution in [0.3, 0.4) is 0 Å². The molecule has 8 nitrogen and oxygen atoms in total. The molecule has 0 radical (unpaired) electrons. The lowest BCUT2D eigenvalue weighted by atomic mass is 10.1. The van der Waals surface area contributed by atoms with Gasteiger partial charge in [-0.3, -0.25) is 9.52 Å². The number of aromatic nitrogens is 4. The molecule has 0 amide bonds. The summed E-state index contributed by atoms with van der Waals surface area (Å²) in [6.07, 6.45) is 1.11. The SMILES string of the molecule is Cn1c(SCc2cc(=O)[nH]c3ccccc23)nnc1-c1ccc(NS(C)(=O)=O)cc1. The lowest BCUT2D eigenvalue weighted by Gasteiger charge is -2.07. The van der Waals surface area contributed by atoms with E-state index in [-0.39, 0.29) is 5.56 Å². The third kappa shape index (κ3) is 4.39. The van der Waals surface area contributed by atoms with E-state index in [4.69, 9.17) is 0 Å². The molecule has 0 saturated heterocycles. The highest BCUT2D eigenvalue weighted by atomic mass is 32.2. The van der Waals surface area contributed by atoms with E-state index >= 15 is 0 Å². The third-order valence-corrected chi connectivity index (χ3v) is 6.15. The van der Waals surface area contributed by atoms with Crippen molar-refractivity contribution in [3.63, 3.8) is 0 Å². The summed E-state index contributed by atoms with van der Waals surface area (Å²) in [7, 11) is -1.45. The molecule has 4 aromatic rings. The summed E-state index contributed by atoms with van der Waals surface area (Å²) >= 11 is 1.50. The van der Waals surface area contributed by atoms with Gasteiger partial charge in [0.25, 0.3) is 0 Å². The van der Waals surface area contributed by atoms with Gasteiger partial charge < -0.3 is 9.55 Å². The Kier molecular flexibility index (Phi) is 5.35. The van der Waals surface area contributed by atoms with E-state index in [0.29, 0.717) is 22.4 Å². The van der Waals surface area contributed by atoms with Gasteiger partial charge in [0.2, 0.25) is 15.6 Å². The molecule has 0 fully saturated rings. The van der Waals surface area contributed by atoms with E-state index in [9.17, 15) is 13.2 Å². The summed E-state index contributed by atoms with van der Waals surface area (Å²) in [5, 5.41) is 10.3. The number of para-hydroxylation sites is 1. The second-order valence-corrected chi connectivity index (χ2v) is 9.50. The molecule has 4 rings (SSSR count). The summed E-state index contributed by atoms with van der Waals surface area (Å²) in [5.41, 5.74) is 2.91. The normalized spacial score (nSPS) is 11.7. The van der Waals surface area contributed by atoms with E-state index in [1.165, 1.54) is 11.8 Å². The molecule has 10 heteroatoms. The standard InChI is InChI=1S/C20H19N5O3S2/c1-25-19(13-7-9-15(10-8-13)24-30(2,27)28)22-23-20(25)29-12-14-11-18(26)21-17-6-4-3-5-16(14)17/h3-11,24H,12H2,1-2H3,(H,21,26). The van der Waals surface area contributed by atoms with Gasteiger partial charge >= 0.3 is 0 Å². The summed E-state index contributed by atoms with van der Waals surface area (Å²) in [6, 6.07) is 16.2. The molecule has 0 atom stereocenters. The molecular weight excluding hydrogens is 422 g/mol. The topological polar surface area (TPSA) is 110 Å². The first-order valence-electron chi connectivity index (χ1n) is 9.01. The molecule has 0 saturated carbocycles. The largest absolute Gasteiger partial charge is 0.322 e. The van der Waals surface area contributed by atoms with Gasteiger partial charge in [0.05, 0.1) is 6.26 Å². The molecule has 154 valence electrons. The molecule has 0 aliphatic heterocycles. The van der Waals surface area contributed by atoms with Crippen LogP contribution in [-0.4, -0.2) is 34.4 Å². The number of rotatable bonds is 6. The van der Waals surface area contributed by atoms with Gasteiger partial charge in [-0.15, -0.1) is 10.2 Å². The Morgan fingerprint density at radius 2 is 1.83 bits per heavy atom. The van der Waals surface area contributed by atoms with Crippen LogP contribution in [0.5, 0.6) is 0 Å². The van der Waals surface area contributed by atoms with Crippen LogP contribution >= 0.6 is 11.8 Å². The quantitative estimate of drug-likeness (QED) is 0.445. The molecule has 2 heterocycles. The maximum Gasteiger partial charge on any atom is 0.248 e. The molecule has 30 heavy (non-hydrogen) atoms. The second-order valence-electron chi connectivity index (χ2n) is 6.81. The van der Waals surface area contributed by atoms with Crippen molar-refractivity contribution in [1.82, 2.24) is 19.7 Å². The smallest absolute Gasteiger partial charge is 0.248 e. The number of pyridine rings is 1. The molecule has 0 aliphatic carbocycles. The number of anilines is 1. The van der Waals surface area contributed by atoms with Gasteiger partial charge in [-0.1, -0.05) is 30.0 Å². The molecule has 2 N–H and O–H groups in total. The molecule has 0 aliphatic rings. The Morgan fingerprint density at radius 3 is 2.57 bits per heavy atom. The Morgan fingerprint density at radius 1 is 1.10 bits per heavy atom. The fraction of sp³-hybridized carbons (Fsp3) is 0.150. The Labute approximate surface area is 177 Å². The highest BCUT2D eigenvalue weighted by Crippen LogP contribution is 2.27. The first-order valence-corrected chi connectivity index (χ1v) is 11.9. The minimum Gasteiger partial charge on any atom is -0.322 e. The van der Waals surface area contributed by atoms with Crippen molar-refractivity contribution < 1.29 is 8.42 Å². The molecule has 0 unspecified atom stereocenters. The van der Waals surface area contributed by atoms with Crippen molar-refractivity contribution in [2.75, 3.05) is 11.0 Å². The van der Waals surface area contributed by atoms with Crippen LogP contribution in [0, 0.1) is 0 Å². The van der Waals surface area contributed by atoms with E-state index in [2.05, 4.69) is 19.9 Å². The lowest BCUT2D eigenvalue weighted by molar-refractivity contribution is 0.607. The van der Waals surface area contributed by atoms with Gasteiger partial charge in [-0.05, 0) is 35.9 Å². The summed E-state index contributed by atoms with van der Waals surface area (Å²) in [5.74, 6) is 1.24. The highest BCUT2D eigenvalue weighted by molar-refractivity contribution is 7.98. The number of H-pyrrole nitrogens is 1. The fourth-order valence-corrected chi connectivity index (χ4v) is 4.60. The predicted molar refractivity (Wildman–Crippen MR) is 119 cm³/mol. The van der Waals surface area contributed by atoms with Crippen LogP contribution in [0.1, 0.15) is 5.56 Å². The van der Waals surface area contributed by atoms with Crippen LogP contribution in [0.2, 0.25) is 0 Å². The summed E-state index contributed by atoms with van der Waals surface area (Å²) in [6.45, 7) is 0. The van der Waals surface area contributed by atoms with E-state index in [1.807, 2.05) is 35.9 Å². The van der Waals surface area contributed by atoms with Gasteiger partial charge in [0, 0.05) is 41.0 Å². The number of benzene rings is 2. The number of hydrogen-bond donors (Lipinski definition) is 2. The maximum absolute atomic E-state index is 11.9. The summed E-state index contributed by atoms with van der Waals surface area (Å²) in [4.78, 5) is 14.8. The van der Waals surface area contributed by atoms with Crippen molar-refractivity contribution in [1.29, 1.82) is 0 Å². The minimum absolute atomic E-state index is 0.134. The number of aromatic amines is 1. The Bertz CT molecular complexity index is 1380. The van der Waals surface area contributed by atoms with Crippen molar-refractivity contribution in [3.8, 4) is 11.4 Å². The van der Waals surface area contributed by atoms with Crippen molar-refractivity contribution in [3.05, 3.63) is 70.5 Å². The van der Waals surface area contributed by atoms with Crippen LogP contribution in [0.25, 0.3) is 22.3 Å². The van der Waals surface area contributed by atoms with Crippen molar-refractivity contribution in [2.24, 2.45) is 7.05 Å². The van der Waals surface area contributed by atoms with Crippen LogP contribution in [0.15, 0.2) is 64.5 Å². The summed E-state index contributed by atoms with van der Waals surface area (Å²) < 4.78 is 27.0. The van der Waals surface area contributed by atoms with Crippen molar-refractivity contribution >= 4 is 38.4 Å². The van der Waals surface area contributed by atoms with Crippen molar-refractivity contribution in [2.45, 2.75) is 10.9 Å². The monoisotopic (exact) mass is 441 g/mol. The first kappa shape index (κ1) is 20.2. The minimum atomic E-state index is -3.32. The molecular formula is C20H19N5O3S2. The average molecular weight is 442 g/mol. The number of nitrogens with one attached hydrogen (secondary N) is 2. The number of nitrogens with zero attached hydrogens (tertiary/aromatic N) is 3. The van der Waals surface area contributed by atoms with Crippen LogP contribution in [0.4, 0.5) is 5.69 Å². The highest BCUT2D eigenvalue weighted by Gasteiger charge is 2.13. The molecule has 0 spiro atoms. The van der Waals surface area contributed by atoms with Crippen LogP contribution < -0.4 is 10.3 Å². The van der Waals surface area contributed by atoms with Gasteiger partial charge in [-0.2, -0.15) is 0 Å². The Hall–Kier alpha value is -3.11.